The first-order valence-electron chi connectivity index (χ1n) is 10.9. The van der Waals surface area contributed by atoms with Gasteiger partial charge in [0, 0.05) is 25.2 Å². The Morgan fingerprint density at radius 1 is 1.14 bits per heavy atom. The van der Waals surface area contributed by atoms with Crippen LogP contribution in [0.5, 0.6) is 0 Å². The molecule has 4 aromatic rings. The first-order valence-corrected chi connectivity index (χ1v) is 13.1. The summed E-state index contributed by atoms with van der Waals surface area (Å²) in [7, 11) is -2.17. The number of furan rings is 1. The molecule has 7 nitrogen and oxygen atoms in total. The summed E-state index contributed by atoms with van der Waals surface area (Å²) in [5, 5.41) is 0.155. The number of unbranched alkanes of at least 4 members (excludes halogenated alkanes) is 1. The molecule has 184 valence electrons. The van der Waals surface area contributed by atoms with Gasteiger partial charge in [-0.15, -0.1) is 0 Å². The van der Waals surface area contributed by atoms with E-state index in [1.807, 2.05) is 6.92 Å². The van der Waals surface area contributed by atoms with Crippen molar-refractivity contribution in [2.45, 2.75) is 31.2 Å². The van der Waals surface area contributed by atoms with Crippen LogP contribution in [0.15, 0.2) is 64.1 Å². The lowest BCUT2D eigenvalue weighted by Crippen LogP contribution is -2.30. The highest BCUT2D eigenvalue weighted by Gasteiger charge is 2.25. The second-order valence-corrected chi connectivity index (χ2v) is 11.0. The normalized spacial score (nSPS) is 11.9. The van der Waals surface area contributed by atoms with E-state index in [0.29, 0.717) is 12.3 Å². The van der Waals surface area contributed by atoms with Gasteiger partial charge in [-0.05, 0) is 48.9 Å². The Balaban J connectivity index is 1.67. The molecule has 0 bridgehead atoms. The molecule has 35 heavy (non-hydrogen) atoms. The van der Waals surface area contributed by atoms with Crippen LogP contribution in [0.1, 0.15) is 35.9 Å². The fourth-order valence-electron chi connectivity index (χ4n) is 3.45. The van der Waals surface area contributed by atoms with Crippen molar-refractivity contribution in [1.82, 2.24) is 9.29 Å². The van der Waals surface area contributed by atoms with Crippen LogP contribution in [-0.4, -0.2) is 37.2 Å². The zero-order valence-electron chi connectivity index (χ0n) is 19.1. The number of nitrogens with zero attached hydrogens (tertiary/aromatic N) is 3. The maximum absolute atomic E-state index is 14.2. The van der Waals surface area contributed by atoms with Crippen molar-refractivity contribution in [3.63, 3.8) is 0 Å². The largest absolute Gasteiger partial charge is 0.467 e. The van der Waals surface area contributed by atoms with Crippen molar-refractivity contribution < 1.29 is 26.4 Å². The Morgan fingerprint density at radius 3 is 2.54 bits per heavy atom. The van der Waals surface area contributed by atoms with Crippen molar-refractivity contribution in [2.75, 3.05) is 18.5 Å². The molecule has 0 N–H and O–H groups in total. The molecule has 2 heterocycles. The quantitative estimate of drug-likeness (QED) is 0.294. The summed E-state index contributed by atoms with van der Waals surface area (Å²) in [6.45, 7) is 2.37. The van der Waals surface area contributed by atoms with Gasteiger partial charge in [0.1, 0.15) is 17.1 Å². The van der Waals surface area contributed by atoms with Crippen LogP contribution in [0.4, 0.5) is 13.9 Å². The van der Waals surface area contributed by atoms with Crippen molar-refractivity contribution in [3.8, 4) is 0 Å². The molecule has 0 radical (unpaired) electrons. The van der Waals surface area contributed by atoms with Crippen LogP contribution in [0.3, 0.4) is 0 Å². The molecule has 4 rings (SSSR count). The first-order chi connectivity index (χ1) is 16.7. The molecule has 0 aliphatic rings. The maximum Gasteiger partial charge on any atom is 0.260 e. The second kappa shape index (κ2) is 10.2. The molecular weight excluding hydrogens is 496 g/mol. The topological polar surface area (TPSA) is 83.7 Å². The number of aromatic nitrogens is 1. The second-order valence-electron chi connectivity index (χ2n) is 7.91. The first kappa shape index (κ1) is 25.0. The van der Waals surface area contributed by atoms with Gasteiger partial charge in [0.2, 0.25) is 10.0 Å². The number of sulfonamides is 1. The van der Waals surface area contributed by atoms with E-state index in [0.717, 1.165) is 36.3 Å². The minimum Gasteiger partial charge on any atom is -0.467 e. The number of hydrogen-bond acceptors (Lipinski definition) is 6. The molecule has 0 aliphatic carbocycles. The summed E-state index contributed by atoms with van der Waals surface area (Å²) in [4.78, 5) is 19.0. The maximum atomic E-state index is 14.2. The molecule has 0 saturated heterocycles. The Hall–Kier alpha value is -3.15. The van der Waals surface area contributed by atoms with E-state index >= 15 is 0 Å². The summed E-state index contributed by atoms with van der Waals surface area (Å²) in [5.74, 6) is -1.60. The predicted octanol–water partition coefficient (Wildman–Crippen LogP) is 5.44. The van der Waals surface area contributed by atoms with Gasteiger partial charge in [-0.2, -0.15) is 0 Å². The number of anilines is 1. The average Bonchev–Trinajstić information content (AvgIpc) is 3.50. The third-order valence-corrected chi connectivity index (χ3v) is 8.30. The summed E-state index contributed by atoms with van der Waals surface area (Å²) in [6.07, 6.45) is 3.06. The average molecular weight is 520 g/mol. The summed E-state index contributed by atoms with van der Waals surface area (Å²) in [6, 6.07) is 10.8. The zero-order valence-corrected chi connectivity index (χ0v) is 20.7. The van der Waals surface area contributed by atoms with Crippen molar-refractivity contribution in [3.05, 3.63) is 77.8 Å². The summed E-state index contributed by atoms with van der Waals surface area (Å²) in [5.41, 5.74) is 0.165. The lowest BCUT2D eigenvalue weighted by molar-refractivity contribution is 0.0983. The van der Waals surface area contributed by atoms with Crippen LogP contribution >= 0.6 is 11.3 Å². The van der Waals surface area contributed by atoms with Crippen LogP contribution in [0, 0.1) is 11.6 Å². The zero-order chi connectivity index (χ0) is 25.2. The SMILES string of the molecule is CCCCN(C)S(=O)(=O)c1ccc(C(=O)N(Cc2ccco2)c2nc3c(F)cc(F)cc3s2)cc1. The molecule has 2 aromatic heterocycles. The molecule has 0 unspecified atom stereocenters. The Kier molecular flexibility index (Phi) is 7.29. The Morgan fingerprint density at radius 2 is 1.89 bits per heavy atom. The minimum atomic E-state index is -3.69. The van der Waals surface area contributed by atoms with E-state index in [2.05, 4.69) is 4.98 Å². The lowest BCUT2D eigenvalue weighted by atomic mass is 10.2. The third-order valence-electron chi connectivity index (χ3n) is 5.41. The van der Waals surface area contributed by atoms with Crippen LogP contribution in [-0.2, 0) is 16.6 Å². The molecule has 0 fully saturated rings. The van der Waals surface area contributed by atoms with E-state index in [9.17, 15) is 22.0 Å². The van der Waals surface area contributed by atoms with Gasteiger partial charge in [-0.25, -0.2) is 26.5 Å². The standard InChI is InChI=1S/C24H23F2N3O4S2/c1-3-4-11-28(2)35(31,32)19-9-7-16(8-10-19)23(30)29(15-18-6-5-12-33-18)24-27-22-20(26)13-17(25)14-21(22)34-24/h5-10,12-14H,3-4,11,15H2,1-2H3. The number of carbonyl (C=O) groups is 1. The van der Waals surface area contributed by atoms with Crippen LogP contribution in [0.25, 0.3) is 10.2 Å². The van der Waals surface area contributed by atoms with Crippen molar-refractivity contribution >= 4 is 42.6 Å². The summed E-state index contributed by atoms with van der Waals surface area (Å²) < 4.78 is 60.4. The van der Waals surface area contributed by atoms with Crippen LogP contribution < -0.4 is 4.90 Å². The van der Waals surface area contributed by atoms with Gasteiger partial charge < -0.3 is 4.42 Å². The van der Waals surface area contributed by atoms with Crippen LogP contribution in [0.2, 0.25) is 0 Å². The third kappa shape index (κ3) is 5.26. The van der Waals surface area contributed by atoms with E-state index in [4.69, 9.17) is 4.42 Å². The molecule has 11 heteroatoms. The number of hydrogen-bond donors (Lipinski definition) is 0. The number of rotatable bonds is 9. The van der Waals surface area contributed by atoms with Gasteiger partial charge in [-0.1, -0.05) is 24.7 Å². The van der Waals surface area contributed by atoms with Gasteiger partial charge in [-0.3, -0.25) is 9.69 Å². The fourth-order valence-corrected chi connectivity index (χ4v) is 5.66. The van der Waals surface area contributed by atoms with Gasteiger partial charge in [0.05, 0.1) is 22.4 Å². The Bertz CT molecular complexity index is 1440. The van der Waals surface area contributed by atoms with E-state index in [1.54, 1.807) is 12.1 Å². The highest BCUT2D eigenvalue weighted by atomic mass is 32.2. The summed E-state index contributed by atoms with van der Waals surface area (Å²) >= 11 is 0.967. The number of carbonyl (C=O) groups excluding carboxylic acids is 1. The number of benzene rings is 2. The van der Waals surface area contributed by atoms with E-state index < -0.39 is 27.6 Å². The van der Waals surface area contributed by atoms with Gasteiger partial charge in [0.15, 0.2) is 10.9 Å². The van der Waals surface area contributed by atoms with Gasteiger partial charge in [0.25, 0.3) is 5.91 Å². The number of amides is 1. The molecule has 0 aliphatic heterocycles. The smallest absolute Gasteiger partial charge is 0.260 e. The number of thiazole rings is 1. The fraction of sp³-hybridized carbons (Fsp3) is 0.250. The predicted molar refractivity (Wildman–Crippen MR) is 130 cm³/mol. The molecule has 1 amide bonds. The molecule has 0 spiro atoms. The number of halogens is 2. The van der Waals surface area contributed by atoms with Crippen molar-refractivity contribution in [1.29, 1.82) is 0 Å². The number of fused-ring (bicyclic) bond motifs is 1. The minimum absolute atomic E-state index is 0.00440. The van der Waals surface area contributed by atoms with Gasteiger partial charge >= 0.3 is 0 Å². The monoisotopic (exact) mass is 519 g/mol. The molecule has 2 aromatic carbocycles. The Labute approximate surface area is 205 Å². The molecule has 0 atom stereocenters. The highest BCUT2D eigenvalue weighted by Crippen LogP contribution is 2.33. The highest BCUT2D eigenvalue weighted by molar-refractivity contribution is 7.89. The molecular formula is C24H23F2N3O4S2. The lowest BCUT2D eigenvalue weighted by Gasteiger charge is -2.20. The van der Waals surface area contributed by atoms with Crippen molar-refractivity contribution in [2.24, 2.45) is 0 Å². The van der Waals surface area contributed by atoms with E-state index in [1.165, 1.54) is 46.8 Å². The molecule has 0 saturated carbocycles. The van der Waals surface area contributed by atoms with E-state index in [-0.39, 0.29) is 32.4 Å².